The van der Waals surface area contributed by atoms with Gasteiger partial charge < -0.3 is 5.32 Å². The molecule has 3 nitrogen and oxygen atoms in total. The lowest BCUT2D eigenvalue weighted by molar-refractivity contribution is 0.445. The van der Waals surface area contributed by atoms with Gasteiger partial charge in [0, 0.05) is 18.2 Å². The van der Waals surface area contributed by atoms with Crippen molar-refractivity contribution >= 4 is 17.1 Å². The summed E-state index contributed by atoms with van der Waals surface area (Å²) in [5, 5.41) is 4.05. The predicted molar refractivity (Wildman–Crippen MR) is 69.8 cm³/mol. The second kappa shape index (κ2) is 4.31. The van der Waals surface area contributed by atoms with E-state index in [0.29, 0.717) is 11.1 Å². The highest BCUT2D eigenvalue weighted by Crippen LogP contribution is 2.28. The van der Waals surface area contributed by atoms with Crippen LogP contribution in [0, 0.1) is 6.92 Å². The average Bonchev–Trinajstić information content (AvgIpc) is 2.70. The van der Waals surface area contributed by atoms with Gasteiger partial charge in [-0.25, -0.2) is 4.98 Å². The fourth-order valence-electron chi connectivity index (χ4n) is 2.64. The molecule has 3 rings (SSSR count). The molecule has 1 unspecified atom stereocenters. The Hall–Kier alpha value is -1.06. The number of aryl methyl sites for hydroxylation is 1. The van der Waals surface area contributed by atoms with E-state index in [1.807, 2.05) is 12.1 Å². The maximum atomic E-state index is 6.22. The summed E-state index contributed by atoms with van der Waals surface area (Å²) >= 11 is 6.22. The van der Waals surface area contributed by atoms with E-state index < -0.39 is 0 Å². The van der Waals surface area contributed by atoms with Gasteiger partial charge in [0.2, 0.25) is 0 Å². The summed E-state index contributed by atoms with van der Waals surface area (Å²) in [7, 11) is 0. The molecule has 2 aromatic heterocycles. The van der Waals surface area contributed by atoms with E-state index in [1.165, 1.54) is 18.5 Å². The molecule has 0 aromatic carbocycles. The Balaban J connectivity index is 2.15. The summed E-state index contributed by atoms with van der Waals surface area (Å²) in [6.07, 6.45) is 2.40. The topological polar surface area (TPSA) is 29.3 Å². The zero-order valence-electron chi connectivity index (χ0n) is 9.91. The first kappa shape index (κ1) is 11.1. The molecule has 0 aliphatic carbocycles. The number of pyridine rings is 1. The minimum atomic E-state index is 0.477. The molecule has 2 aromatic rings. The maximum Gasteiger partial charge on any atom is 0.155 e. The molecule has 0 radical (unpaired) electrons. The van der Waals surface area contributed by atoms with Crippen LogP contribution in [0.5, 0.6) is 0 Å². The summed E-state index contributed by atoms with van der Waals surface area (Å²) in [6, 6.07) is 6.16. The van der Waals surface area contributed by atoms with E-state index in [0.717, 1.165) is 24.4 Å². The Morgan fingerprint density at radius 3 is 3.12 bits per heavy atom. The average molecular weight is 250 g/mol. The summed E-state index contributed by atoms with van der Waals surface area (Å²) in [6.45, 7) is 4.22. The fraction of sp³-hybridized carbons (Fsp3) is 0.462. The van der Waals surface area contributed by atoms with Crippen LogP contribution in [0.15, 0.2) is 18.2 Å². The molecule has 1 saturated heterocycles. The highest BCUT2D eigenvalue weighted by atomic mass is 35.5. The van der Waals surface area contributed by atoms with E-state index in [4.69, 9.17) is 11.6 Å². The molecule has 17 heavy (non-hydrogen) atoms. The van der Waals surface area contributed by atoms with Gasteiger partial charge in [-0.2, -0.15) is 0 Å². The van der Waals surface area contributed by atoms with Gasteiger partial charge in [0.05, 0.1) is 5.52 Å². The van der Waals surface area contributed by atoms with Gasteiger partial charge in [0.15, 0.2) is 5.15 Å². The molecule has 1 atom stereocenters. The van der Waals surface area contributed by atoms with E-state index in [2.05, 4.69) is 27.7 Å². The quantitative estimate of drug-likeness (QED) is 0.842. The molecular weight excluding hydrogens is 234 g/mol. The van der Waals surface area contributed by atoms with Crippen LogP contribution in [-0.2, 0) is 0 Å². The summed E-state index contributed by atoms with van der Waals surface area (Å²) in [5.41, 5.74) is 2.22. The Labute approximate surface area is 106 Å². The van der Waals surface area contributed by atoms with Crippen LogP contribution in [0.3, 0.4) is 0 Å². The summed E-state index contributed by atoms with van der Waals surface area (Å²) in [5.74, 6) is 1.58. The van der Waals surface area contributed by atoms with Crippen LogP contribution in [0.2, 0.25) is 5.15 Å². The van der Waals surface area contributed by atoms with E-state index in [1.54, 1.807) is 0 Å². The molecule has 1 N–H and O–H groups in total. The lowest BCUT2D eigenvalue weighted by Gasteiger charge is -2.22. The maximum absolute atomic E-state index is 6.22. The third kappa shape index (κ3) is 1.83. The first-order valence-electron chi connectivity index (χ1n) is 6.11. The monoisotopic (exact) mass is 249 g/mol. The predicted octanol–water partition coefficient (Wildman–Crippen LogP) is 2.76. The van der Waals surface area contributed by atoms with Crippen molar-refractivity contribution < 1.29 is 0 Å². The number of hydrogen-bond donors (Lipinski definition) is 1. The van der Waals surface area contributed by atoms with Crippen molar-refractivity contribution in [3.8, 4) is 0 Å². The van der Waals surface area contributed by atoms with Crippen molar-refractivity contribution in [3.05, 3.63) is 34.9 Å². The number of rotatable bonds is 1. The van der Waals surface area contributed by atoms with Gasteiger partial charge in [0.1, 0.15) is 5.82 Å². The molecule has 1 aliphatic heterocycles. The molecule has 0 bridgehead atoms. The number of aromatic nitrogens is 2. The number of hydrogen-bond acceptors (Lipinski definition) is 2. The molecule has 90 valence electrons. The number of nitrogens with one attached hydrogen (secondary N) is 1. The van der Waals surface area contributed by atoms with Crippen LogP contribution in [0.25, 0.3) is 5.52 Å². The normalized spacial score (nSPS) is 20.9. The molecule has 1 fully saturated rings. The van der Waals surface area contributed by atoms with Crippen LogP contribution in [0.4, 0.5) is 0 Å². The van der Waals surface area contributed by atoms with Crippen LogP contribution in [-0.4, -0.2) is 22.5 Å². The summed E-state index contributed by atoms with van der Waals surface area (Å²) < 4.78 is 2.19. The molecule has 0 saturated carbocycles. The first-order chi connectivity index (χ1) is 8.27. The standard InChI is InChI=1S/C13H16ClN3/c1-9-4-2-6-11-12(14)16-13(17(9)11)10-5-3-7-15-8-10/h2,4,6,10,15H,3,5,7-8H2,1H3. The fourth-order valence-corrected chi connectivity index (χ4v) is 2.87. The zero-order valence-corrected chi connectivity index (χ0v) is 10.7. The second-order valence-electron chi connectivity index (χ2n) is 4.69. The van der Waals surface area contributed by atoms with Gasteiger partial charge >= 0.3 is 0 Å². The third-order valence-corrected chi connectivity index (χ3v) is 3.78. The van der Waals surface area contributed by atoms with Gasteiger partial charge in [-0.3, -0.25) is 4.40 Å². The van der Waals surface area contributed by atoms with E-state index in [-0.39, 0.29) is 0 Å². The number of imidazole rings is 1. The van der Waals surface area contributed by atoms with Gasteiger partial charge in [-0.1, -0.05) is 17.7 Å². The van der Waals surface area contributed by atoms with Crippen LogP contribution >= 0.6 is 11.6 Å². The van der Waals surface area contributed by atoms with Crippen molar-refractivity contribution in [2.45, 2.75) is 25.7 Å². The van der Waals surface area contributed by atoms with E-state index >= 15 is 0 Å². The Bertz CT molecular complexity index is 541. The Morgan fingerprint density at radius 2 is 2.35 bits per heavy atom. The third-order valence-electron chi connectivity index (χ3n) is 3.50. The Kier molecular flexibility index (Phi) is 2.81. The zero-order chi connectivity index (χ0) is 11.8. The molecule has 0 amide bonds. The molecular formula is C13H16ClN3. The Morgan fingerprint density at radius 1 is 1.47 bits per heavy atom. The van der Waals surface area contributed by atoms with E-state index in [9.17, 15) is 0 Å². The van der Waals surface area contributed by atoms with Crippen LogP contribution in [0.1, 0.15) is 30.3 Å². The van der Waals surface area contributed by atoms with Crippen molar-refractivity contribution in [2.75, 3.05) is 13.1 Å². The SMILES string of the molecule is Cc1cccc2c(Cl)nc(C3CCCNC3)n12. The van der Waals surface area contributed by atoms with Gasteiger partial charge in [-0.15, -0.1) is 0 Å². The summed E-state index contributed by atoms with van der Waals surface area (Å²) in [4.78, 5) is 4.56. The molecule has 3 heterocycles. The number of fused-ring (bicyclic) bond motifs is 1. The smallest absolute Gasteiger partial charge is 0.155 e. The number of halogens is 1. The van der Waals surface area contributed by atoms with Crippen molar-refractivity contribution in [1.29, 1.82) is 0 Å². The highest BCUT2D eigenvalue weighted by molar-refractivity contribution is 6.32. The van der Waals surface area contributed by atoms with Crippen molar-refractivity contribution in [1.82, 2.24) is 14.7 Å². The number of nitrogens with zero attached hydrogens (tertiary/aromatic N) is 2. The van der Waals surface area contributed by atoms with Gasteiger partial charge in [-0.05, 0) is 38.4 Å². The minimum absolute atomic E-state index is 0.477. The van der Waals surface area contributed by atoms with Crippen LogP contribution < -0.4 is 5.32 Å². The molecule has 0 spiro atoms. The van der Waals surface area contributed by atoms with Crippen molar-refractivity contribution in [2.24, 2.45) is 0 Å². The molecule has 4 heteroatoms. The van der Waals surface area contributed by atoms with Crippen molar-refractivity contribution in [3.63, 3.8) is 0 Å². The molecule has 1 aliphatic rings. The lowest BCUT2D eigenvalue weighted by atomic mass is 9.99. The minimum Gasteiger partial charge on any atom is -0.316 e. The second-order valence-corrected chi connectivity index (χ2v) is 5.05. The highest BCUT2D eigenvalue weighted by Gasteiger charge is 2.21. The largest absolute Gasteiger partial charge is 0.316 e. The lowest BCUT2D eigenvalue weighted by Crippen LogP contribution is -2.29. The van der Waals surface area contributed by atoms with Gasteiger partial charge in [0.25, 0.3) is 0 Å². The number of piperidine rings is 1. The first-order valence-corrected chi connectivity index (χ1v) is 6.49.